The minimum absolute atomic E-state index is 0.0751. The molecule has 3 heteroatoms. The van der Waals surface area contributed by atoms with Crippen LogP contribution >= 0.6 is 0 Å². The molecule has 0 radical (unpaired) electrons. The Morgan fingerprint density at radius 1 is 0.912 bits per heavy atom. The van der Waals surface area contributed by atoms with Gasteiger partial charge in [0.1, 0.15) is 0 Å². The summed E-state index contributed by atoms with van der Waals surface area (Å²) >= 11 is 0. The number of ether oxygens (including phenoxy) is 2. The van der Waals surface area contributed by atoms with E-state index in [1.165, 1.54) is 43.2 Å². The molecule has 5 rings (SSSR count). The lowest BCUT2D eigenvalue weighted by molar-refractivity contribution is -0.189. The molecule has 2 aliphatic carbocycles. The third kappa shape index (κ3) is 5.31. The molecule has 182 valence electrons. The molecule has 2 aromatic rings. The zero-order valence-corrected chi connectivity index (χ0v) is 20.7. The molecular formula is C31H40O3. The van der Waals surface area contributed by atoms with Crippen LogP contribution in [0.15, 0.2) is 54.6 Å². The third-order valence-corrected chi connectivity index (χ3v) is 8.58. The Hall–Kier alpha value is -1.97. The standard InChI is InChI=1S/C31H40O3/c1-2-33-28-21-29(25-11-7-4-8-12-25)34-31(22-28)19-17-27(18-20-31)30(32)26-15-13-24(14-16-26)23-9-5-3-6-10-23/h4,7-8,11-16,23,27-29H,2-3,5-6,9-10,17-22H2,1H3. The second kappa shape index (κ2) is 10.7. The highest BCUT2D eigenvalue weighted by Crippen LogP contribution is 2.47. The summed E-state index contributed by atoms with van der Waals surface area (Å²) in [5.41, 5.74) is 3.38. The van der Waals surface area contributed by atoms with Crippen molar-refractivity contribution >= 4 is 5.78 Å². The maximum absolute atomic E-state index is 13.3. The maximum Gasteiger partial charge on any atom is 0.165 e. The van der Waals surface area contributed by atoms with Gasteiger partial charge in [-0.2, -0.15) is 0 Å². The SMILES string of the molecule is CCOC1CC(c2ccccc2)OC2(CCC(C(=O)c3ccc(C4CCCCC4)cc3)CC2)C1. The number of rotatable bonds is 6. The number of Topliss-reactive ketones (excluding diaryl/α,β-unsaturated/α-hetero) is 1. The van der Waals surface area contributed by atoms with Crippen molar-refractivity contribution in [2.24, 2.45) is 5.92 Å². The van der Waals surface area contributed by atoms with Crippen LogP contribution in [0.1, 0.15) is 111 Å². The van der Waals surface area contributed by atoms with Gasteiger partial charge in [-0.05, 0) is 62.5 Å². The summed E-state index contributed by atoms with van der Waals surface area (Å²) in [5.74, 6) is 1.12. The van der Waals surface area contributed by atoms with Crippen LogP contribution in [0.5, 0.6) is 0 Å². The maximum atomic E-state index is 13.3. The van der Waals surface area contributed by atoms with Crippen LogP contribution in [0, 0.1) is 5.92 Å². The average Bonchev–Trinajstić information content (AvgIpc) is 2.90. The number of hydrogen-bond donors (Lipinski definition) is 0. The van der Waals surface area contributed by atoms with E-state index < -0.39 is 0 Å². The van der Waals surface area contributed by atoms with Crippen molar-refractivity contribution < 1.29 is 14.3 Å². The summed E-state index contributed by atoms with van der Waals surface area (Å²) in [7, 11) is 0. The van der Waals surface area contributed by atoms with E-state index in [-0.39, 0.29) is 23.7 Å². The Balaban J connectivity index is 1.23. The van der Waals surface area contributed by atoms with Crippen LogP contribution in [-0.2, 0) is 9.47 Å². The van der Waals surface area contributed by atoms with Crippen molar-refractivity contribution in [2.75, 3.05) is 6.61 Å². The number of carbonyl (C=O) groups is 1. The molecule has 1 saturated heterocycles. The summed E-state index contributed by atoms with van der Waals surface area (Å²) < 4.78 is 12.9. The van der Waals surface area contributed by atoms with Crippen LogP contribution in [0.4, 0.5) is 0 Å². The lowest BCUT2D eigenvalue weighted by Gasteiger charge is -2.48. The number of benzene rings is 2. The summed E-state index contributed by atoms with van der Waals surface area (Å²) in [5, 5.41) is 0. The minimum Gasteiger partial charge on any atom is -0.378 e. The van der Waals surface area contributed by atoms with Crippen molar-refractivity contribution in [2.45, 2.75) is 101 Å². The van der Waals surface area contributed by atoms with Gasteiger partial charge >= 0.3 is 0 Å². The number of hydrogen-bond acceptors (Lipinski definition) is 3. The Kier molecular flexibility index (Phi) is 7.51. The van der Waals surface area contributed by atoms with Crippen molar-refractivity contribution in [1.82, 2.24) is 0 Å². The average molecular weight is 461 g/mol. The molecule has 2 atom stereocenters. The van der Waals surface area contributed by atoms with Gasteiger partial charge in [-0.25, -0.2) is 0 Å². The third-order valence-electron chi connectivity index (χ3n) is 8.58. The van der Waals surface area contributed by atoms with Gasteiger partial charge in [-0.1, -0.05) is 73.9 Å². The summed E-state index contributed by atoms with van der Waals surface area (Å²) in [6.45, 7) is 2.81. The highest BCUT2D eigenvalue weighted by Gasteiger charge is 2.45. The van der Waals surface area contributed by atoms with Gasteiger partial charge < -0.3 is 9.47 Å². The van der Waals surface area contributed by atoms with Crippen molar-refractivity contribution in [3.05, 3.63) is 71.3 Å². The van der Waals surface area contributed by atoms with Crippen molar-refractivity contribution in [3.8, 4) is 0 Å². The normalized spacial score (nSPS) is 30.3. The molecule has 0 N–H and O–H groups in total. The highest BCUT2D eigenvalue weighted by molar-refractivity contribution is 5.97. The number of carbonyl (C=O) groups excluding carboxylic acids is 1. The second-order valence-corrected chi connectivity index (χ2v) is 10.8. The molecule has 34 heavy (non-hydrogen) atoms. The van der Waals surface area contributed by atoms with Crippen LogP contribution < -0.4 is 0 Å². The predicted octanol–water partition coefficient (Wildman–Crippen LogP) is 7.80. The molecule has 1 aliphatic heterocycles. The van der Waals surface area contributed by atoms with Crippen molar-refractivity contribution in [3.63, 3.8) is 0 Å². The Morgan fingerprint density at radius 3 is 2.29 bits per heavy atom. The van der Waals surface area contributed by atoms with Crippen LogP contribution in [0.3, 0.4) is 0 Å². The molecular weight excluding hydrogens is 420 g/mol. The first-order chi connectivity index (χ1) is 16.7. The first-order valence-corrected chi connectivity index (χ1v) is 13.6. The van der Waals surface area contributed by atoms with E-state index in [4.69, 9.17) is 9.47 Å². The molecule has 3 aliphatic rings. The summed E-state index contributed by atoms with van der Waals surface area (Å²) in [4.78, 5) is 13.3. The molecule has 1 heterocycles. The molecule has 3 nitrogen and oxygen atoms in total. The van der Waals surface area contributed by atoms with E-state index in [9.17, 15) is 4.79 Å². The second-order valence-electron chi connectivity index (χ2n) is 10.8. The van der Waals surface area contributed by atoms with Gasteiger partial charge in [-0.15, -0.1) is 0 Å². The van der Waals surface area contributed by atoms with Gasteiger partial charge in [-0.3, -0.25) is 4.79 Å². The molecule has 2 saturated carbocycles. The fourth-order valence-corrected chi connectivity index (χ4v) is 6.69. The Bertz CT molecular complexity index is 921. The minimum atomic E-state index is -0.166. The lowest BCUT2D eigenvalue weighted by Crippen LogP contribution is -2.47. The molecule has 2 aromatic carbocycles. The van der Waals surface area contributed by atoms with Gasteiger partial charge in [0.2, 0.25) is 0 Å². The van der Waals surface area contributed by atoms with Gasteiger partial charge in [0.15, 0.2) is 5.78 Å². The monoisotopic (exact) mass is 460 g/mol. The fraction of sp³-hybridized carbons (Fsp3) is 0.581. The zero-order chi connectivity index (χ0) is 23.4. The van der Waals surface area contributed by atoms with E-state index in [1.807, 2.05) is 0 Å². The van der Waals surface area contributed by atoms with Gasteiger partial charge in [0.05, 0.1) is 17.8 Å². The lowest BCUT2D eigenvalue weighted by atomic mass is 9.72. The summed E-state index contributed by atoms with van der Waals surface area (Å²) in [6, 6.07) is 19.2. The molecule has 2 unspecified atom stereocenters. The van der Waals surface area contributed by atoms with E-state index in [0.717, 1.165) is 50.7 Å². The smallest absolute Gasteiger partial charge is 0.165 e. The van der Waals surface area contributed by atoms with E-state index in [1.54, 1.807) is 0 Å². The van der Waals surface area contributed by atoms with Crippen LogP contribution in [0.2, 0.25) is 0 Å². The molecule has 0 bridgehead atoms. The molecule has 0 amide bonds. The summed E-state index contributed by atoms with van der Waals surface area (Å²) in [6.07, 6.45) is 12.5. The first kappa shape index (κ1) is 23.8. The zero-order valence-electron chi connectivity index (χ0n) is 20.7. The van der Waals surface area contributed by atoms with Gasteiger partial charge in [0.25, 0.3) is 0 Å². The van der Waals surface area contributed by atoms with Crippen molar-refractivity contribution in [1.29, 1.82) is 0 Å². The largest absolute Gasteiger partial charge is 0.378 e. The van der Waals surface area contributed by atoms with E-state index in [2.05, 4.69) is 61.5 Å². The fourth-order valence-electron chi connectivity index (χ4n) is 6.69. The topological polar surface area (TPSA) is 35.5 Å². The Morgan fingerprint density at radius 2 is 1.62 bits per heavy atom. The van der Waals surface area contributed by atoms with Crippen LogP contribution in [-0.4, -0.2) is 24.1 Å². The molecule has 3 fully saturated rings. The quantitative estimate of drug-likeness (QED) is 0.413. The molecule has 0 aromatic heterocycles. The Labute approximate surface area is 205 Å². The van der Waals surface area contributed by atoms with Gasteiger partial charge in [0, 0.05) is 30.9 Å². The highest BCUT2D eigenvalue weighted by atomic mass is 16.5. The van der Waals surface area contributed by atoms with E-state index in [0.29, 0.717) is 11.7 Å². The predicted molar refractivity (Wildman–Crippen MR) is 136 cm³/mol. The van der Waals surface area contributed by atoms with Crippen LogP contribution in [0.25, 0.3) is 0 Å². The first-order valence-electron chi connectivity index (χ1n) is 13.6. The van der Waals surface area contributed by atoms with E-state index >= 15 is 0 Å². The molecule has 1 spiro atoms. The number of ketones is 1.